The van der Waals surface area contributed by atoms with Crippen LogP contribution in [0.15, 0.2) is 58.1 Å². The number of aliphatic imine (C=N–C) groups is 1. The average Bonchev–Trinajstić information content (AvgIpc) is 3.50. The number of hydrogen-bond donors (Lipinski definition) is 3. The molecule has 0 bridgehead atoms. The van der Waals surface area contributed by atoms with Gasteiger partial charge in [0.25, 0.3) is 0 Å². The summed E-state index contributed by atoms with van der Waals surface area (Å²) in [5.74, 6) is 2.88. The molecule has 4 rings (SSSR count). The van der Waals surface area contributed by atoms with Gasteiger partial charge in [-0.1, -0.05) is 30.3 Å². The number of likely N-dealkylation sites (tertiary alicyclic amines) is 1. The summed E-state index contributed by atoms with van der Waals surface area (Å²) < 4.78 is 5.33. The van der Waals surface area contributed by atoms with Crippen molar-refractivity contribution in [3.63, 3.8) is 0 Å². The number of guanidine groups is 1. The van der Waals surface area contributed by atoms with Crippen molar-refractivity contribution in [1.29, 1.82) is 0 Å². The summed E-state index contributed by atoms with van der Waals surface area (Å²) in [6.45, 7) is 4.99. The molecular formula is C22H30IN7O. The second-order valence-corrected chi connectivity index (χ2v) is 7.67. The number of nitrogens with zero attached hydrogens (tertiary/aromatic N) is 4. The van der Waals surface area contributed by atoms with Gasteiger partial charge in [-0.15, -0.1) is 24.0 Å². The molecule has 1 aromatic carbocycles. The van der Waals surface area contributed by atoms with Crippen LogP contribution in [0.25, 0.3) is 11.6 Å². The average molecular weight is 535 g/mol. The maximum absolute atomic E-state index is 5.33. The smallest absolute Gasteiger partial charge is 0.216 e. The maximum Gasteiger partial charge on any atom is 0.216 e. The fraction of sp³-hybridized carbons (Fsp3) is 0.409. The van der Waals surface area contributed by atoms with Gasteiger partial charge in [0, 0.05) is 45.2 Å². The Kier molecular flexibility index (Phi) is 8.47. The first kappa shape index (κ1) is 23.3. The van der Waals surface area contributed by atoms with E-state index in [1.807, 2.05) is 12.1 Å². The van der Waals surface area contributed by atoms with Gasteiger partial charge >= 0.3 is 0 Å². The van der Waals surface area contributed by atoms with Crippen LogP contribution >= 0.6 is 24.0 Å². The molecule has 9 heteroatoms. The van der Waals surface area contributed by atoms with Gasteiger partial charge in [-0.05, 0) is 31.0 Å². The van der Waals surface area contributed by atoms with Crippen LogP contribution in [0.3, 0.4) is 0 Å². The Hall–Kier alpha value is -2.40. The molecule has 0 radical (unpaired) electrons. The number of aromatic nitrogens is 3. The number of rotatable bonds is 7. The largest absolute Gasteiger partial charge is 0.461 e. The summed E-state index contributed by atoms with van der Waals surface area (Å²) in [6, 6.07) is 15.2. The lowest BCUT2D eigenvalue weighted by molar-refractivity contribution is 0.258. The third kappa shape index (κ3) is 6.30. The van der Waals surface area contributed by atoms with Crippen LogP contribution in [-0.4, -0.2) is 58.3 Å². The van der Waals surface area contributed by atoms with Crippen molar-refractivity contribution >= 4 is 29.9 Å². The van der Waals surface area contributed by atoms with Gasteiger partial charge in [0.15, 0.2) is 11.7 Å². The van der Waals surface area contributed by atoms with Gasteiger partial charge in [0.05, 0.1) is 6.26 Å². The summed E-state index contributed by atoms with van der Waals surface area (Å²) in [5, 5.41) is 14.1. The zero-order valence-corrected chi connectivity index (χ0v) is 20.2. The molecule has 1 aliphatic rings. The van der Waals surface area contributed by atoms with Gasteiger partial charge in [-0.25, -0.2) is 4.98 Å². The van der Waals surface area contributed by atoms with Crippen molar-refractivity contribution in [3.05, 3.63) is 60.1 Å². The number of hydrogen-bond acceptors (Lipinski definition) is 5. The molecule has 0 aliphatic carbocycles. The first-order chi connectivity index (χ1) is 14.7. The van der Waals surface area contributed by atoms with Crippen molar-refractivity contribution in [2.75, 3.05) is 20.1 Å². The number of benzene rings is 1. The molecule has 3 N–H and O–H groups in total. The highest BCUT2D eigenvalue weighted by Gasteiger charge is 2.29. The van der Waals surface area contributed by atoms with Gasteiger partial charge in [-0.2, -0.15) is 5.10 Å². The minimum absolute atomic E-state index is 0. The number of aromatic amines is 1. The lowest BCUT2D eigenvalue weighted by atomic mass is 10.2. The molecule has 2 atom stereocenters. The van der Waals surface area contributed by atoms with E-state index in [1.165, 1.54) is 5.56 Å². The third-order valence-corrected chi connectivity index (χ3v) is 5.42. The lowest BCUT2D eigenvalue weighted by Crippen LogP contribution is -2.45. The molecule has 31 heavy (non-hydrogen) atoms. The summed E-state index contributed by atoms with van der Waals surface area (Å²) in [4.78, 5) is 11.4. The summed E-state index contributed by atoms with van der Waals surface area (Å²) in [6.07, 6.45) is 3.44. The maximum atomic E-state index is 5.33. The van der Waals surface area contributed by atoms with Gasteiger partial charge in [0.2, 0.25) is 5.82 Å². The zero-order chi connectivity index (χ0) is 20.8. The normalized spacial score (nSPS) is 19.2. The Morgan fingerprint density at radius 1 is 1.26 bits per heavy atom. The predicted octanol–water partition coefficient (Wildman–Crippen LogP) is 3.05. The Balaban J connectivity index is 0.00000272. The monoisotopic (exact) mass is 535 g/mol. The molecule has 8 nitrogen and oxygen atoms in total. The molecule has 0 saturated carbocycles. The van der Waals surface area contributed by atoms with Crippen molar-refractivity contribution in [3.8, 4) is 11.6 Å². The number of H-pyrrole nitrogens is 1. The SMILES string of the molecule is CN=C(NCCc1nc(-c2ccco2)n[nH]1)NC1CC(C)N(Cc2ccccc2)C1.I. The van der Waals surface area contributed by atoms with E-state index in [9.17, 15) is 0 Å². The molecule has 1 saturated heterocycles. The molecule has 166 valence electrons. The third-order valence-electron chi connectivity index (χ3n) is 5.42. The zero-order valence-electron chi connectivity index (χ0n) is 17.9. The fourth-order valence-corrected chi connectivity index (χ4v) is 3.85. The molecular weight excluding hydrogens is 505 g/mol. The van der Waals surface area contributed by atoms with Gasteiger partial charge < -0.3 is 15.1 Å². The highest BCUT2D eigenvalue weighted by Crippen LogP contribution is 2.20. The summed E-state index contributed by atoms with van der Waals surface area (Å²) in [7, 11) is 1.80. The number of nitrogens with one attached hydrogen (secondary N) is 3. The van der Waals surface area contributed by atoms with Crippen LogP contribution in [0.5, 0.6) is 0 Å². The molecule has 3 aromatic rings. The molecule has 1 aliphatic heterocycles. The topological polar surface area (TPSA) is 94.4 Å². The van der Waals surface area contributed by atoms with E-state index in [4.69, 9.17) is 4.42 Å². The quantitative estimate of drug-likeness (QED) is 0.245. The van der Waals surface area contributed by atoms with E-state index >= 15 is 0 Å². The Bertz CT molecular complexity index is 942. The number of halogens is 1. The highest BCUT2D eigenvalue weighted by atomic mass is 127. The second kappa shape index (κ2) is 11.3. The van der Waals surface area contributed by atoms with Crippen LogP contribution in [0.1, 0.15) is 24.7 Å². The Morgan fingerprint density at radius 2 is 2.10 bits per heavy atom. The first-order valence-corrected chi connectivity index (χ1v) is 10.4. The standard InChI is InChI=1S/C22H29N7O.HI/c1-16-13-18(15-29(16)14-17-7-4-3-5-8-17)25-22(23-2)24-11-10-20-26-21(28-27-20)19-9-6-12-30-19;/h3-9,12,16,18H,10-11,13-15H2,1-2H3,(H2,23,24,25)(H,26,27,28);1H. The minimum atomic E-state index is 0. The van der Waals surface area contributed by atoms with Crippen LogP contribution in [0.2, 0.25) is 0 Å². The van der Waals surface area contributed by atoms with Crippen molar-refractivity contribution in [1.82, 2.24) is 30.7 Å². The molecule has 1 fully saturated rings. The molecule has 2 unspecified atom stereocenters. The highest BCUT2D eigenvalue weighted by molar-refractivity contribution is 14.0. The van der Waals surface area contributed by atoms with Gasteiger partial charge in [0.1, 0.15) is 5.82 Å². The summed E-state index contributed by atoms with van der Waals surface area (Å²) in [5.41, 5.74) is 1.36. The first-order valence-electron chi connectivity index (χ1n) is 10.4. The van der Waals surface area contributed by atoms with Crippen LogP contribution in [0.4, 0.5) is 0 Å². The van der Waals surface area contributed by atoms with Gasteiger partial charge in [-0.3, -0.25) is 15.0 Å². The Labute approximate surface area is 199 Å². The van der Waals surface area contributed by atoms with E-state index < -0.39 is 0 Å². The molecule has 2 aromatic heterocycles. The van der Waals surface area contributed by atoms with E-state index in [2.05, 4.69) is 73.0 Å². The van der Waals surface area contributed by atoms with Crippen LogP contribution in [-0.2, 0) is 13.0 Å². The van der Waals surface area contributed by atoms with E-state index in [-0.39, 0.29) is 24.0 Å². The van der Waals surface area contributed by atoms with Crippen molar-refractivity contribution in [2.24, 2.45) is 4.99 Å². The molecule has 3 heterocycles. The second-order valence-electron chi connectivity index (χ2n) is 7.67. The van der Waals surface area contributed by atoms with E-state index in [1.54, 1.807) is 13.3 Å². The molecule has 0 amide bonds. The lowest BCUT2D eigenvalue weighted by Gasteiger charge is -2.21. The van der Waals surface area contributed by atoms with E-state index in [0.29, 0.717) is 30.2 Å². The molecule has 0 spiro atoms. The van der Waals surface area contributed by atoms with Crippen molar-refractivity contribution in [2.45, 2.75) is 38.4 Å². The summed E-state index contributed by atoms with van der Waals surface area (Å²) >= 11 is 0. The minimum Gasteiger partial charge on any atom is -0.461 e. The van der Waals surface area contributed by atoms with E-state index in [0.717, 1.165) is 37.7 Å². The van der Waals surface area contributed by atoms with Crippen LogP contribution < -0.4 is 10.6 Å². The number of furan rings is 1. The van der Waals surface area contributed by atoms with Crippen LogP contribution in [0, 0.1) is 0 Å². The van der Waals surface area contributed by atoms with Crippen molar-refractivity contribution < 1.29 is 4.42 Å². The predicted molar refractivity (Wildman–Crippen MR) is 132 cm³/mol. The Morgan fingerprint density at radius 3 is 2.84 bits per heavy atom. The fourth-order valence-electron chi connectivity index (χ4n) is 3.85.